The maximum absolute atomic E-state index is 12.6. The van der Waals surface area contributed by atoms with Crippen LogP contribution in [0, 0.1) is 0 Å². The van der Waals surface area contributed by atoms with Crippen LogP contribution in [0.2, 0.25) is 10.0 Å². The summed E-state index contributed by atoms with van der Waals surface area (Å²) in [6.07, 6.45) is 1.62. The number of anilines is 1. The molecule has 2 aromatic heterocycles. The summed E-state index contributed by atoms with van der Waals surface area (Å²) >= 11 is 12.4. The van der Waals surface area contributed by atoms with E-state index in [1.165, 1.54) is 0 Å². The number of hydrogen-bond donors (Lipinski definition) is 1. The van der Waals surface area contributed by atoms with Gasteiger partial charge in [0.1, 0.15) is 23.1 Å². The highest BCUT2D eigenvalue weighted by Gasteiger charge is 2.17. The normalized spacial score (nSPS) is 12.1. The Labute approximate surface area is 198 Å². The lowest BCUT2D eigenvalue weighted by atomic mass is 10.2. The van der Waals surface area contributed by atoms with Gasteiger partial charge in [-0.2, -0.15) is 5.10 Å². The Morgan fingerprint density at radius 2 is 1.91 bits per heavy atom. The van der Waals surface area contributed by atoms with E-state index in [1.54, 1.807) is 47.3 Å². The smallest absolute Gasteiger partial charge is 0.292 e. The molecule has 3 heterocycles. The van der Waals surface area contributed by atoms with Crippen molar-refractivity contribution in [3.63, 3.8) is 0 Å². The van der Waals surface area contributed by atoms with E-state index in [4.69, 9.17) is 41.8 Å². The summed E-state index contributed by atoms with van der Waals surface area (Å²) in [7, 11) is 0. The minimum Gasteiger partial charge on any atom is -0.486 e. The van der Waals surface area contributed by atoms with Crippen LogP contribution < -0.4 is 19.5 Å². The zero-order valence-electron chi connectivity index (χ0n) is 17.1. The Bertz CT molecular complexity index is 1320. The molecule has 0 saturated carbocycles. The van der Waals surface area contributed by atoms with E-state index in [1.807, 2.05) is 18.2 Å². The van der Waals surface area contributed by atoms with Gasteiger partial charge in [0, 0.05) is 17.3 Å². The number of nitrogens with zero attached hydrogens (tertiary/aromatic N) is 2. The second-order valence-electron chi connectivity index (χ2n) is 7.14. The molecular weight excluding hydrogens is 469 g/mol. The molecule has 0 radical (unpaired) electrons. The number of fused-ring (bicyclic) bond motifs is 1. The number of rotatable bonds is 7. The van der Waals surface area contributed by atoms with E-state index in [0.717, 1.165) is 5.56 Å². The number of hydrogen-bond acceptors (Lipinski definition) is 6. The molecule has 0 saturated heterocycles. The Balaban J connectivity index is 1.20. The van der Waals surface area contributed by atoms with Crippen molar-refractivity contribution in [1.29, 1.82) is 0 Å². The molecule has 1 aliphatic rings. The zero-order valence-corrected chi connectivity index (χ0v) is 18.6. The van der Waals surface area contributed by atoms with E-state index in [0.29, 0.717) is 39.6 Å². The number of carbonyl (C=O) groups is 1. The predicted molar refractivity (Wildman–Crippen MR) is 121 cm³/mol. The third-order valence-electron chi connectivity index (χ3n) is 4.85. The highest BCUT2D eigenvalue weighted by Crippen LogP contribution is 2.35. The third kappa shape index (κ3) is 4.76. The number of halogens is 2. The summed E-state index contributed by atoms with van der Waals surface area (Å²) in [5.41, 5.74) is 0.884. The number of benzene rings is 2. The molecule has 1 amide bonds. The van der Waals surface area contributed by atoms with Crippen LogP contribution in [0.25, 0.3) is 0 Å². The fourth-order valence-electron chi connectivity index (χ4n) is 3.23. The summed E-state index contributed by atoms with van der Waals surface area (Å²) in [6.45, 7) is 0.745. The van der Waals surface area contributed by atoms with Crippen LogP contribution in [0.15, 0.2) is 65.2 Å². The highest BCUT2D eigenvalue weighted by atomic mass is 35.5. The first kappa shape index (κ1) is 21.2. The SMILES string of the molecule is O=C(Nc1nn(Cc2ccccc2Cl)cc1Cl)c1ccc(COc2ccc3c(c2)OCO3)o1. The van der Waals surface area contributed by atoms with E-state index in [9.17, 15) is 4.79 Å². The highest BCUT2D eigenvalue weighted by molar-refractivity contribution is 6.33. The Hall–Kier alpha value is -3.62. The lowest BCUT2D eigenvalue weighted by Crippen LogP contribution is -2.12. The first-order valence-corrected chi connectivity index (χ1v) is 10.7. The van der Waals surface area contributed by atoms with Gasteiger partial charge in [-0.05, 0) is 35.9 Å². The average Bonchev–Trinajstić information content (AvgIpc) is 3.54. The molecule has 1 N–H and O–H groups in total. The van der Waals surface area contributed by atoms with Crippen molar-refractivity contribution in [3.8, 4) is 17.2 Å². The molecule has 8 nitrogen and oxygen atoms in total. The molecule has 1 aliphatic heterocycles. The summed E-state index contributed by atoms with van der Waals surface area (Å²) in [5, 5.41) is 7.92. The molecule has 0 fully saturated rings. The van der Waals surface area contributed by atoms with Crippen molar-refractivity contribution in [3.05, 3.63) is 87.9 Å². The van der Waals surface area contributed by atoms with Crippen LogP contribution >= 0.6 is 23.2 Å². The van der Waals surface area contributed by atoms with E-state index >= 15 is 0 Å². The van der Waals surface area contributed by atoms with E-state index in [2.05, 4.69) is 10.4 Å². The second-order valence-corrected chi connectivity index (χ2v) is 7.95. The molecule has 4 aromatic rings. The number of nitrogens with one attached hydrogen (secondary N) is 1. The fraction of sp³-hybridized carbons (Fsp3) is 0.130. The molecule has 0 unspecified atom stereocenters. The topological polar surface area (TPSA) is 87.8 Å². The van der Waals surface area contributed by atoms with E-state index < -0.39 is 5.91 Å². The minimum atomic E-state index is -0.478. The van der Waals surface area contributed by atoms with Gasteiger partial charge in [0.05, 0.1) is 6.54 Å². The second kappa shape index (κ2) is 9.09. The number of amides is 1. The summed E-state index contributed by atoms with van der Waals surface area (Å²) in [5.74, 6) is 2.23. The van der Waals surface area contributed by atoms with Crippen molar-refractivity contribution in [2.24, 2.45) is 0 Å². The van der Waals surface area contributed by atoms with Gasteiger partial charge in [-0.25, -0.2) is 0 Å². The lowest BCUT2D eigenvalue weighted by Gasteiger charge is -2.05. The van der Waals surface area contributed by atoms with Crippen LogP contribution in [0.5, 0.6) is 17.2 Å². The fourth-order valence-corrected chi connectivity index (χ4v) is 3.62. The number of ether oxygens (including phenoxy) is 3. The van der Waals surface area contributed by atoms with Crippen LogP contribution in [-0.4, -0.2) is 22.5 Å². The molecule has 33 heavy (non-hydrogen) atoms. The Morgan fingerprint density at radius 1 is 1.06 bits per heavy atom. The van der Waals surface area contributed by atoms with Gasteiger partial charge in [-0.1, -0.05) is 41.4 Å². The lowest BCUT2D eigenvalue weighted by molar-refractivity contribution is 0.0992. The molecule has 2 aromatic carbocycles. The van der Waals surface area contributed by atoms with Crippen LogP contribution in [-0.2, 0) is 13.2 Å². The maximum Gasteiger partial charge on any atom is 0.292 e. The monoisotopic (exact) mass is 485 g/mol. The average molecular weight is 486 g/mol. The van der Waals surface area contributed by atoms with Crippen molar-refractivity contribution >= 4 is 34.9 Å². The Morgan fingerprint density at radius 3 is 2.79 bits per heavy atom. The first-order valence-electron chi connectivity index (χ1n) is 9.94. The van der Waals surface area contributed by atoms with Gasteiger partial charge in [0.2, 0.25) is 6.79 Å². The van der Waals surface area contributed by atoms with E-state index in [-0.39, 0.29) is 25.0 Å². The number of furan rings is 1. The molecular formula is C23H17Cl2N3O5. The zero-order chi connectivity index (χ0) is 22.8. The van der Waals surface area contributed by atoms with Gasteiger partial charge in [-0.3, -0.25) is 9.48 Å². The summed E-state index contributed by atoms with van der Waals surface area (Å²) < 4.78 is 23.5. The quantitative estimate of drug-likeness (QED) is 0.377. The van der Waals surface area contributed by atoms with Crippen molar-refractivity contribution in [1.82, 2.24) is 9.78 Å². The Kier molecular flexibility index (Phi) is 5.85. The van der Waals surface area contributed by atoms with Gasteiger partial charge in [0.15, 0.2) is 23.1 Å². The molecule has 168 valence electrons. The van der Waals surface area contributed by atoms with Crippen molar-refractivity contribution in [2.75, 3.05) is 12.1 Å². The maximum atomic E-state index is 12.6. The minimum absolute atomic E-state index is 0.107. The first-order chi connectivity index (χ1) is 16.0. The standard InChI is InChI=1S/C23H17Cl2N3O5/c24-17-4-2-1-3-14(17)10-28-11-18(25)22(27-28)26-23(29)20-8-6-16(33-20)12-30-15-5-7-19-21(9-15)32-13-31-19/h1-9,11H,10,12-13H2,(H,26,27,29). The largest absolute Gasteiger partial charge is 0.486 e. The molecule has 5 rings (SSSR count). The van der Waals surface area contributed by atoms with Crippen LogP contribution in [0.3, 0.4) is 0 Å². The summed E-state index contributed by atoms with van der Waals surface area (Å²) in [4.78, 5) is 12.6. The molecule has 0 aliphatic carbocycles. The van der Waals surface area contributed by atoms with Gasteiger partial charge >= 0.3 is 0 Å². The molecule has 0 bridgehead atoms. The predicted octanol–water partition coefficient (Wildman–Crippen LogP) is 5.39. The third-order valence-corrected chi connectivity index (χ3v) is 5.50. The van der Waals surface area contributed by atoms with Crippen LogP contribution in [0.1, 0.15) is 21.9 Å². The summed E-state index contributed by atoms with van der Waals surface area (Å²) in [6, 6.07) is 15.9. The molecule has 10 heteroatoms. The van der Waals surface area contributed by atoms with Crippen molar-refractivity contribution in [2.45, 2.75) is 13.2 Å². The molecule has 0 atom stereocenters. The number of aromatic nitrogens is 2. The van der Waals surface area contributed by atoms with Gasteiger partial charge < -0.3 is 23.9 Å². The molecule has 0 spiro atoms. The van der Waals surface area contributed by atoms with Crippen molar-refractivity contribution < 1.29 is 23.4 Å². The van der Waals surface area contributed by atoms with Gasteiger partial charge in [0.25, 0.3) is 5.91 Å². The van der Waals surface area contributed by atoms with Crippen LogP contribution in [0.4, 0.5) is 5.82 Å². The number of carbonyl (C=O) groups excluding carboxylic acids is 1. The van der Waals surface area contributed by atoms with Gasteiger partial charge in [-0.15, -0.1) is 0 Å².